The van der Waals surface area contributed by atoms with Crippen LogP contribution in [0.1, 0.15) is 48.1 Å². The van der Waals surface area contributed by atoms with Crippen molar-refractivity contribution in [2.45, 2.75) is 37.1 Å². The number of hydrogen-bond donors (Lipinski definition) is 1. The number of sulfonamides is 1. The molecule has 3 aromatic rings. The maximum absolute atomic E-state index is 13.4. The van der Waals surface area contributed by atoms with Gasteiger partial charge in [-0.05, 0) is 67.8 Å². The molecule has 0 unspecified atom stereocenters. The van der Waals surface area contributed by atoms with E-state index in [-0.39, 0.29) is 16.8 Å². The molecule has 172 valence electrons. The minimum Gasteiger partial charge on any atom is -0.493 e. The number of carbonyl (C=O) groups excluding carboxylic acids is 1. The first-order chi connectivity index (χ1) is 16.0. The lowest BCUT2D eigenvalue weighted by Crippen LogP contribution is -2.38. The third-order valence-corrected chi connectivity index (χ3v) is 7.60. The van der Waals surface area contributed by atoms with Gasteiger partial charge in [-0.25, -0.2) is 8.42 Å². The first-order valence-electron chi connectivity index (χ1n) is 11.1. The van der Waals surface area contributed by atoms with Crippen LogP contribution in [0.2, 0.25) is 0 Å². The number of piperidine rings is 1. The zero-order valence-corrected chi connectivity index (χ0v) is 19.3. The van der Waals surface area contributed by atoms with Crippen molar-refractivity contribution < 1.29 is 17.9 Å². The van der Waals surface area contributed by atoms with Gasteiger partial charge >= 0.3 is 0 Å². The van der Waals surface area contributed by atoms with Crippen LogP contribution in [0.25, 0.3) is 0 Å². The van der Waals surface area contributed by atoms with Crippen LogP contribution >= 0.6 is 0 Å². The van der Waals surface area contributed by atoms with E-state index in [0.717, 1.165) is 24.8 Å². The maximum atomic E-state index is 13.4. The predicted octanol–water partition coefficient (Wildman–Crippen LogP) is 4.65. The average molecular weight is 466 g/mol. The summed E-state index contributed by atoms with van der Waals surface area (Å²) in [6.07, 6.45) is 5.98. The highest BCUT2D eigenvalue weighted by Crippen LogP contribution is 2.35. The molecule has 2 aromatic carbocycles. The Kier molecular flexibility index (Phi) is 7.05. The summed E-state index contributed by atoms with van der Waals surface area (Å²) in [6.45, 7) is 2.77. The van der Waals surface area contributed by atoms with Gasteiger partial charge in [0.1, 0.15) is 5.75 Å². The number of nitrogens with one attached hydrogen (secondary N) is 1. The molecule has 8 heteroatoms. The summed E-state index contributed by atoms with van der Waals surface area (Å²) < 4.78 is 34.0. The lowest BCUT2D eigenvalue weighted by Gasteiger charge is -2.34. The molecular formula is C25H27N3O4S. The van der Waals surface area contributed by atoms with E-state index in [2.05, 4.69) is 10.3 Å². The standard InChI is InChI=1S/C25H27N3O4S/c1-2-32-24-11-4-3-9-22(24)25(29)27-20-12-14-21(15-13-20)33(30,31)28-17-6-5-10-23(28)19-8-7-16-26-18-19/h3-4,7-9,11-16,18,23H,2,5-6,10,17H2,1H3,(H,27,29)/t23-/m0/s1. The number of pyridine rings is 1. The van der Waals surface area contributed by atoms with Crippen molar-refractivity contribution in [1.82, 2.24) is 9.29 Å². The molecule has 4 rings (SSSR count). The van der Waals surface area contributed by atoms with Gasteiger partial charge in [0.25, 0.3) is 5.91 Å². The monoisotopic (exact) mass is 465 g/mol. The van der Waals surface area contributed by atoms with Gasteiger partial charge in [0.15, 0.2) is 0 Å². The third kappa shape index (κ3) is 5.07. The minimum absolute atomic E-state index is 0.200. The van der Waals surface area contributed by atoms with Gasteiger partial charge in [-0.1, -0.05) is 24.6 Å². The molecule has 0 saturated carbocycles. The molecule has 1 aliphatic rings. The van der Waals surface area contributed by atoms with Crippen LogP contribution in [-0.2, 0) is 10.0 Å². The second-order valence-electron chi connectivity index (χ2n) is 7.82. The van der Waals surface area contributed by atoms with Crippen LogP contribution in [0.4, 0.5) is 5.69 Å². The summed E-state index contributed by atoms with van der Waals surface area (Å²) in [7, 11) is -3.70. The van der Waals surface area contributed by atoms with Crippen molar-refractivity contribution in [3.05, 3.63) is 84.2 Å². The largest absolute Gasteiger partial charge is 0.493 e. The smallest absolute Gasteiger partial charge is 0.259 e. The van der Waals surface area contributed by atoms with E-state index in [1.165, 1.54) is 12.1 Å². The van der Waals surface area contributed by atoms with Crippen molar-refractivity contribution in [2.75, 3.05) is 18.5 Å². The minimum atomic E-state index is -3.70. The number of carbonyl (C=O) groups is 1. The fraction of sp³-hybridized carbons (Fsp3) is 0.280. The molecule has 2 heterocycles. The molecule has 7 nitrogen and oxygen atoms in total. The van der Waals surface area contributed by atoms with Gasteiger partial charge in [-0.2, -0.15) is 4.31 Å². The topological polar surface area (TPSA) is 88.6 Å². The molecule has 1 atom stereocenters. The molecule has 1 fully saturated rings. The van der Waals surface area contributed by atoms with Crippen molar-refractivity contribution in [2.24, 2.45) is 0 Å². The quantitative estimate of drug-likeness (QED) is 0.549. The Hall–Kier alpha value is -3.23. The molecule has 1 aliphatic heterocycles. The molecule has 1 aromatic heterocycles. The summed E-state index contributed by atoms with van der Waals surface area (Å²) >= 11 is 0. The highest BCUT2D eigenvalue weighted by Gasteiger charge is 2.34. The van der Waals surface area contributed by atoms with E-state index in [1.54, 1.807) is 53.1 Å². The van der Waals surface area contributed by atoms with E-state index >= 15 is 0 Å². The Morgan fingerprint density at radius 1 is 1.09 bits per heavy atom. The van der Waals surface area contributed by atoms with Gasteiger partial charge in [-0.15, -0.1) is 0 Å². The maximum Gasteiger partial charge on any atom is 0.259 e. The van der Waals surface area contributed by atoms with Crippen molar-refractivity contribution in [1.29, 1.82) is 0 Å². The fourth-order valence-corrected chi connectivity index (χ4v) is 5.76. The Morgan fingerprint density at radius 3 is 2.61 bits per heavy atom. The molecule has 1 amide bonds. The number of aromatic nitrogens is 1. The number of benzene rings is 2. The van der Waals surface area contributed by atoms with E-state index in [9.17, 15) is 13.2 Å². The lowest BCUT2D eigenvalue weighted by molar-refractivity contribution is 0.102. The molecule has 1 N–H and O–H groups in total. The zero-order chi connectivity index (χ0) is 23.3. The Bertz CT molecular complexity index is 1200. The van der Waals surface area contributed by atoms with Crippen LogP contribution in [0.5, 0.6) is 5.75 Å². The van der Waals surface area contributed by atoms with Gasteiger partial charge in [-0.3, -0.25) is 9.78 Å². The normalized spacial score (nSPS) is 16.8. The number of rotatable bonds is 7. The number of amides is 1. The summed E-state index contributed by atoms with van der Waals surface area (Å²) in [5, 5.41) is 2.81. The Morgan fingerprint density at radius 2 is 1.88 bits per heavy atom. The summed E-state index contributed by atoms with van der Waals surface area (Å²) in [6, 6.07) is 16.8. The van der Waals surface area contributed by atoms with Gasteiger partial charge in [0, 0.05) is 24.6 Å². The molecule has 0 bridgehead atoms. The molecular weight excluding hydrogens is 438 g/mol. The van der Waals surface area contributed by atoms with Crippen LogP contribution in [0.15, 0.2) is 78.0 Å². The van der Waals surface area contributed by atoms with Crippen LogP contribution in [0.3, 0.4) is 0 Å². The summed E-state index contributed by atoms with van der Waals surface area (Å²) in [4.78, 5) is 17.1. The number of nitrogens with zero attached hydrogens (tertiary/aromatic N) is 2. The Balaban J connectivity index is 1.53. The SMILES string of the molecule is CCOc1ccccc1C(=O)Nc1ccc(S(=O)(=O)N2CCCC[C@H]2c2cccnc2)cc1. The summed E-state index contributed by atoms with van der Waals surface area (Å²) in [5.74, 6) is 0.186. The predicted molar refractivity (Wildman–Crippen MR) is 127 cm³/mol. The van der Waals surface area contributed by atoms with Crippen molar-refractivity contribution in [3.63, 3.8) is 0 Å². The zero-order valence-electron chi connectivity index (χ0n) is 18.5. The van der Waals surface area contributed by atoms with Gasteiger partial charge in [0.2, 0.25) is 10.0 Å². The molecule has 33 heavy (non-hydrogen) atoms. The average Bonchev–Trinajstić information content (AvgIpc) is 2.85. The van der Waals surface area contributed by atoms with Crippen LogP contribution in [0, 0.1) is 0 Å². The van der Waals surface area contributed by atoms with E-state index in [0.29, 0.717) is 30.2 Å². The first kappa shape index (κ1) is 22.9. The second kappa shape index (κ2) is 10.1. The molecule has 0 aliphatic carbocycles. The van der Waals surface area contributed by atoms with Crippen LogP contribution < -0.4 is 10.1 Å². The van der Waals surface area contributed by atoms with E-state index < -0.39 is 10.0 Å². The van der Waals surface area contributed by atoms with E-state index in [1.807, 2.05) is 19.1 Å². The van der Waals surface area contributed by atoms with Crippen LogP contribution in [-0.4, -0.2) is 36.8 Å². The molecule has 0 radical (unpaired) electrons. The summed E-state index contributed by atoms with van der Waals surface area (Å²) in [5.41, 5.74) is 1.83. The fourth-order valence-electron chi connectivity index (χ4n) is 4.08. The first-order valence-corrected chi connectivity index (χ1v) is 12.5. The van der Waals surface area contributed by atoms with E-state index in [4.69, 9.17) is 4.74 Å². The second-order valence-corrected chi connectivity index (χ2v) is 9.71. The van der Waals surface area contributed by atoms with Crippen molar-refractivity contribution in [3.8, 4) is 5.75 Å². The lowest BCUT2D eigenvalue weighted by atomic mass is 9.99. The highest BCUT2D eigenvalue weighted by atomic mass is 32.2. The number of ether oxygens (including phenoxy) is 1. The highest BCUT2D eigenvalue weighted by molar-refractivity contribution is 7.89. The number of hydrogen-bond acceptors (Lipinski definition) is 5. The Labute approximate surface area is 194 Å². The van der Waals surface area contributed by atoms with Gasteiger partial charge < -0.3 is 10.1 Å². The molecule has 1 saturated heterocycles. The van der Waals surface area contributed by atoms with Gasteiger partial charge in [0.05, 0.1) is 23.1 Å². The number of para-hydroxylation sites is 1. The van der Waals surface area contributed by atoms with Crippen molar-refractivity contribution >= 4 is 21.6 Å². The molecule has 0 spiro atoms. The third-order valence-electron chi connectivity index (χ3n) is 5.67. The number of anilines is 1.